The Morgan fingerprint density at radius 3 is 2.44 bits per heavy atom. The fourth-order valence-electron chi connectivity index (χ4n) is 4.05. The summed E-state index contributed by atoms with van der Waals surface area (Å²) >= 11 is 0. The summed E-state index contributed by atoms with van der Waals surface area (Å²) in [6, 6.07) is 0. The molecule has 2 saturated carbocycles. The molecule has 3 fully saturated rings. The third-order valence-corrected chi connectivity index (χ3v) is 5.45. The molecule has 0 aromatic rings. The zero-order valence-corrected chi connectivity index (χ0v) is 12.0. The first-order valence-electron chi connectivity index (χ1n) is 8.24. The van der Waals surface area contributed by atoms with Gasteiger partial charge in [-0.25, -0.2) is 0 Å². The van der Waals surface area contributed by atoms with E-state index in [0.717, 1.165) is 17.8 Å². The summed E-state index contributed by atoms with van der Waals surface area (Å²) in [5, 5.41) is 7.42. The largest absolute Gasteiger partial charge is 0.316 e. The molecule has 1 aliphatic heterocycles. The quantitative estimate of drug-likeness (QED) is 0.692. The van der Waals surface area contributed by atoms with Gasteiger partial charge in [-0.3, -0.25) is 0 Å². The van der Waals surface area contributed by atoms with Crippen LogP contribution in [0.3, 0.4) is 0 Å². The summed E-state index contributed by atoms with van der Waals surface area (Å²) in [5.74, 6) is 3.21. The fraction of sp³-hybridized carbons (Fsp3) is 1.00. The predicted octanol–water partition coefficient (Wildman–Crippen LogP) is 2.79. The summed E-state index contributed by atoms with van der Waals surface area (Å²) in [5.41, 5.74) is 0.576. The predicted molar refractivity (Wildman–Crippen MR) is 76.6 cm³/mol. The van der Waals surface area contributed by atoms with E-state index in [-0.39, 0.29) is 0 Å². The fourth-order valence-corrected chi connectivity index (χ4v) is 4.05. The second-order valence-corrected chi connectivity index (χ2v) is 7.15. The second-order valence-electron chi connectivity index (χ2n) is 7.15. The van der Waals surface area contributed by atoms with Crippen LogP contribution < -0.4 is 10.6 Å². The number of hydrogen-bond acceptors (Lipinski definition) is 2. The van der Waals surface area contributed by atoms with Gasteiger partial charge >= 0.3 is 0 Å². The van der Waals surface area contributed by atoms with Gasteiger partial charge in [0, 0.05) is 13.1 Å². The van der Waals surface area contributed by atoms with Crippen LogP contribution in [0.1, 0.15) is 51.9 Å². The van der Waals surface area contributed by atoms with Gasteiger partial charge in [0.1, 0.15) is 0 Å². The van der Waals surface area contributed by atoms with Crippen molar-refractivity contribution in [2.45, 2.75) is 51.9 Å². The van der Waals surface area contributed by atoms with Crippen LogP contribution in [0, 0.1) is 23.2 Å². The molecule has 2 aliphatic carbocycles. The summed E-state index contributed by atoms with van der Waals surface area (Å²) in [6.07, 6.45) is 10.2. The van der Waals surface area contributed by atoms with E-state index >= 15 is 0 Å². The lowest BCUT2D eigenvalue weighted by molar-refractivity contribution is 0.260. The molecule has 18 heavy (non-hydrogen) atoms. The van der Waals surface area contributed by atoms with Gasteiger partial charge in [0.15, 0.2) is 0 Å². The zero-order chi connectivity index (χ0) is 12.4. The van der Waals surface area contributed by atoms with E-state index in [1.54, 1.807) is 0 Å². The first-order valence-corrected chi connectivity index (χ1v) is 8.24. The Hall–Kier alpha value is -0.0800. The smallest absolute Gasteiger partial charge is 0.00206 e. The van der Waals surface area contributed by atoms with Gasteiger partial charge in [-0.15, -0.1) is 0 Å². The maximum Gasteiger partial charge on any atom is 0.00206 e. The highest BCUT2D eigenvalue weighted by molar-refractivity contribution is 4.94. The zero-order valence-electron chi connectivity index (χ0n) is 12.0. The highest BCUT2D eigenvalue weighted by atomic mass is 15.0. The number of nitrogens with one attached hydrogen (secondary N) is 2. The van der Waals surface area contributed by atoms with Crippen molar-refractivity contribution in [3.63, 3.8) is 0 Å². The third kappa shape index (κ3) is 3.08. The summed E-state index contributed by atoms with van der Waals surface area (Å²) in [7, 11) is 0. The van der Waals surface area contributed by atoms with Crippen LogP contribution in [-0.2, 0) is 0 Å². The van der Waals surface area contributed by atoms with Crippen LogP contribution in [0.4, 0.5) is 0 Å². The molecule has 0 aromatic heterocycles. The Morgan fingerprint density at radius 1 is 1.22 bits per heavy atom. The van der Waals surface area contributed by atoms with Gasteiger partial charge < -0.3 is 10.6 Å². The molecular weight excluding hydrogens is 220 g/mol. The van der Waals surface area contributed by atoms with E-state index in [4.69, 9.17) is 0 Å². The molecule has 0 amide bonds. The minimum absolute atomic E-state index is 0.576. The molecule has 1 heterocycles. The molecule has 1 saturated heterocycles. The Labute approximate surface area is 112 Å². The van der Waals surface area contributed by atoms with Gasteiger partial charge in [0.2, 0.25) is 0 Å². The van der Waals surface area contributed by atoms with Gasteiger partial charge in [-0.05, 0) is 74.8 Å². The SMILES string of the molecule is CCCC1(CNCC(C2CC2)C2CC2)CCNC1. The van der Waals surface area contributed by atoms with E-state index in [1.165, 1.54) is 71.1 Å². The molecule has 0 aromatic carbocycles. The van der Waals surface area contributed by atoms with E-state index < -0.39 is 0 Å². The van der Waals surface area contributed by atoms with Crippen LogP contribution in [0.5, 0.6) is 0 Å². The minimum Gasteiger partial charge on any atom is -0.316 e. The Bertz CT molecular complexity index is 250. The average Bonchev–Trinajstić information content (AvgIpc) is 3.27. The van der Waals surface area contributed by atoms with Crippen molar-refractivity contribution < 1.29 is 0 Å². The van der Waals surface area contributed by atoms with Crippen molar-refractivity contribution in [3.05, 3.63) is 0 Å². The molecule has 104 valence electrons. The number of rotatable bonds is 8. The minimum atomic E-state index is 0.576. The molecule has 2 heteroatoms. The second kappa shape index (κ2) is 5.50. The summed E-state index contributed by atoms with van der Waals surface area (Å²) in [4.78, 5) is 0. The van der Waals surface area contributed by atoms with Crippen molar-refractivity contribution >= 4 is 0 Å². The first-order chi connectivity index (χ1) is 8.83. The highest BCUT2D eigenvalue weighted by Gasteiger charge is 2.41. The van der Waals surface area contributed by atoms with E-state index in [0.29, 0.717) is 5.41 Å². The van der Waals surface area contributed by atoms with Crippen LogP contribution >= 0.6 is 0 Å². The van der Waals surface area contributed by atoms with Crippen LogP contribution in [0.15, 0.2) is 0 Å². The first kappa shape index (κ1) is 12.9. The average molecular weight is 250 g/mol. The Kier molecular flexibility index (Phi) is 3.95. The number of hydrogen-bond donors (Lipinski definition) is 2. The van der Waals surface area contributed by atoms with Crippen molar-refractivity contribution in [1.29, 1.82) is 0 Å². The van der Waals surface area contributed by atoms with Crippen molar-refractivity contribution in [2.75, 3.05) is 26.2 Å². The lowest BCUT2D eigenvalue weighted by atomic mass is 9.82. The van der Waals surface area contributed by atoms with Crippen LogP contribution in [-0.4, -0.2) is 26.2 Å². The van der Waals surface area contributed by atoms with Crippen LogP contribution in [0.25, 0.3) is 0 Å². The molecule has 2 N–H and O–H groups in total. The summed E-state index contributed by atoms with van der Waals surface area (Å²) < 4.78 is 0. The van der Waals surface area contributed by atoms with Crippen LogP contribution in [0.2, 0.25) is 0 Å². The van der Waals surface area contributed by atoms with Gasteiger partial charge in [-0.2, -0.15) is 0 Å². The standard InChI is InChI=1S/C16H30N2/c1-2-7-16(8-9-17-11-16)12-18-10-15(13-3-4-13)14-5-6-14/h13-15,17-18H,2-12H2,1H3. The van der Waals surface area contributed by atoms with Crippen molar-refractivity contribution in [1.82, 2.24) is 10.6 Å². The Morgan fingerprint density at radius 2 is 1.94 bits per heavy atom. The topological polar surface area (TPSA) is 24.1 Å². The Balaban J connectivity index is 1.44. The lowest BCUT2D eigenvalue weighted by Gasteiger charge is -2.29. The van der Waals surface area contributed by atoms with E-state index in [2.05, 4.69) is 17.6 Å². The van der Waals surface area contributed by atoms with Crippen molar-refractivity contribution in [3.8, 4) is 0 Å². The van der Waals surface area contributed by atoms with E-state index in [9.17, 15) is 0 Å². The molecule has 3 rings (SSSR count). The molecule has 1 atom stereocenters. The third-order valence-electron chi connectivity index (χ3n) is 5.45. The normalized spacial score (nSPS) is 32.3. The van der Waals surface area contributed by atoms with E-state index in [1.807, 2.05) is 0 Å². The highest BCUT2D eigenvalue weighted by Crippen LogP contribution is 2.48. The van der Waals surface area contributed by atoms with Gasteiger partial charge in [-0.1, -0.05) is 13.3 Å². The van der Waals surface area contributed by atoms with Crippen molar-refractivity contribution in [2.24, 2.45) is 23.2 Å². The molecular formula is C16H30N2. The molecule has 0 radical (unpaired) electrons. The van der Waals surface area contributed by atoms with Gasteiger partial charge in [0.05, 0.1) is 0 Å². The molecule has 0 bridgehead atoms. The lowest BCUT2D eigenvalue weighted by Crippen LogP contribution is -2.38. The molecule has 3 aliphatic rings. The maximum absolute atomic E-state index is 3.86. The summed E-state index contributed by atoms with van der Waals surface area (Å²) in [6.45, 7) is 7.36. The van der Waals surface area contributed by atoms with Gasteiger partial charge in [0.25, 0.3) is 0 Å². The molecule has 1 unspecified atom stereocenters. The maximum atomic E-state index is 3.86. The monoisotopic (exact) mass is 250 g/mol. The molecule has 0 spiro atoms. The molecule has 2 nitrogen and oxygen atoms in total.